The molecule has 104 valence electrons. The van der Waals surface area contributed by atoms with Gasteiger partial charge in [0.05, 0.1) is 0 Å². The molecule has 2 N–H and O–H groups in total. The van der Waals surface area contributed by atoms with Gasteiger partial charge in [0.2, 0.25) is 5.91 Å². The Labute approximate surface area is 119 Å². The minimum absolute atomic E-state index is 0.197. The van der Waals surface area contributed by atoms with Crippen molar-refractivity contribution < 1.29 is 4.79 Å². The maximum absolute atomic E-state index is 11.8. The molecule has 19 heavy (non-hydrogen) atoms. The first kappa shape index (κ1) is 14.4. The Kier molecular flexibility index (Phi) is 6.24. The zero-order valence-corrected chi connectivity index (χ0v) is 12.0. The van der Waals surface area contributed by atoms with E-state index in [1.54, 1.807) is 11.8 Å². The minimum atomic E-state index is 0.197. The predicted octanol–water partition coefficient (Wildman–Crippen LogP) is 2.28. The molecular formula is C15H22N2OS. The summed E-state index contributed by atoms with van der Waals surface area (Å²) in [5, 5.41) is 6.36. The van der Waals surface area contributed by atoms with Crippen molar-refractivity contribution in [2.24, 2.45) is 5.92 Å². The summed E-state index contributed by atoms with van der Waals surface area (Å²) in [4.78, 5) is 13.0. The Bertz CT molecular complexity index is 377. The summed E-state index contributed by atoms with van der Waals surface area (Å²) >= 11 is 1.78. The quantitative estimate of drug-likeness (QED) is 0.619. The highest BCUT2D eigenvalue weighted by molar-refractivity contribution is 7.99. The molecule has 0 spiro atoms. The fourth-order valence-electron chi connectivity index (χ4n) is 2.31. The highest BCUT2D eigenvalue weighted by Crippen LogP contribution is 2.16. The average Bonchev–Trinajstić information content (AvgIpc) is 2.46. The van der Waals surface area contributed by atoms with E-state index in [1.807, 2.05) is 18.2 Å². The normalized spacial score (nSPS) is 19.1. The molecule has 1 unspecified atom stereocenters. The number of carbonyl (C=O) groups excluding carboxylic acids is 1. The lowest BCUT2D eigenvalue weighted by Crippen LogP contribution is -2.34. The van der Waals surface area contributed by atoms with Gasteiger partial charge in [-0.3, -0.25) is 4.79 Å². The number of amides is 1. The van der Waals surface area contributed by atoms with Crippen LogP contribution in [-0.4, -0.2) is 31.3 Å². The van der Waals surface area contributed by atoms with Crippen molar-refractivity contribution in [2.75, 3.05) is 25.4 Å². The lowest BCUT2D eigenvalue weighted by Gasteiger charge is -2.22. The minimum Gasteiger partial charge on any atom is -0.355 e. The molecule has 0 saturated carbocycles. The van der Waals surface area contributed by atoms with Crippen molar-refractivity contribution in [3.8, 4) is 0 Å². The Hall–Kier alpha value is -1.00. The van der Waals surface area contributed by atoms with Crippen molar-refractivity contribution in [2.45, 2.75) is 24.2 Å². The van der Waals surface area contributed by atoms with E-state index in [0.717, 1.165) is 25.4 Å². The summed E-state index contributed by atoms with van der Waals surface area (Å²) in [6.45, 7) is 2.84. The van der Waals surface area contributed by atoms with E-state index in [1.165, 1.54) is 17.7 Å². The van der Waals surface area contributed by atoms with Crippen LogP contribution in [0.2, 0.25) is 0 Å². The van der Waals surface area contributed by atoms with Crippen molar-refractivity contribution in [3.63, 3.8) is 0 Å². The van der Waals surface area contributed by atoms with Gasteiger partial charge in [-0.25, -0.2) is 0 Å². The molecule has 1 fully saturated rings. The van der Waals surface area contributed by atoms with Crippen LogP contribution >= 0.6 is 11.8 Å². The number of hydrogen-bond donors (Lipinski definition) is 2. The number of thioether (sulfide) groups is 1. The second-order valence-corrected chi connectivity index (χ2v) is 6.10. The summed E-state index contributed by atoms with van der Waals surface area (Å²) < 4.78 is 0. The van der Waals surface area contributed by atoms with E-state index >= 15 is 0 Å². The van der Waals surface area contributed by atoms with E-state index in [-0.39, 0.29) is 5.91 Å². The Morgan fingerprint density at radius 3 is 2.95 bits per heavy atom. The molecule has 0 bridgehead atoms. The fraction of sp³-hybridized carbons (Fsp3) is 0.533. The molecule has 1 aromatic rings. The number of benzene rings is 1. The molecule has 0 aliphatic carbocycles. The van der Waals surface area contributed by atoms with Crippen LogP contribution in [0, 0.1) is 5.92 Å². The van der Waals surface area contributed by atoms with Gasteiger partial charge in [-0.1, -0.05) is 18.2 Å². The first-order valence-corrected chi connectivity index (χ1v) is 7.98. The third-order valence-corrected chi connectivity index (χ3v) is 4.32. The van der Waals surface area contributed by atoms with Crippen LogP contribution in [0.4, 0.5) is 0 Å². The van der Waals surface area contributed by atoms with Crippen molar-refractivity contribution in [1.29, 1.82) is 0 Å². The third kappa shape index (κ3) is 5.66. The number of rotatable bonds is 6. The van der Waals surface area contributed by atoms with E-state index in [9.17, 15) is 4.79 Å². The smallest absolute Gasteiger partial charge is 0.220 e. The van der Waals surface area contributed by atoms with E-state index in [0.29, 0.717) is 12.3 Å². The molecule has 1 atom stereocenters. The van der Waals surface area contributed by atoms with Crippen LogP contribution in [0.1, 0.15) is 19.3 Å². The number of nitrogens with one attached hydrogen (secondary N) is 2. The maximum Gasteiger partial charge on any atom is 0.220 e. The topological polar surface area (TPSA) is 41.1 Å². The molecule has 1 amide bonds. The molecule has 1 aliphatic heterocycles. The van der Waals surface area contributed by atoms with Crippen molar-refractivity contribution in [1.82, 2.24) is 10.6 Å². The molecule has 1 aromatic carbocycles. The second kappa shape index (κ2) is 8.23. The Morgan fingerprint density at radius 2 is 2.21 bits per heavy atom. The largest absolute Gasteiger partial charge is 0.355 e. The van der Waals surface area contributed by atoms with Crippen LogP contribution in [0.25, 0.3) is 0 Å². The van der Waals surface area contributed by atoms with Gasteiger partial charge in [0.15, 0.2) is 0 Å². The molecule has 0 aromatic heterocycles. The zero-order chi connectivity index (χ0) is 13.3. The number of carbonyl (C=O) groups is 1. The van der Waals surface area contributed by atoms with Gasteiger partial charge in [-0.05, 0) is 44.0 Å². The standard InChI is InChI=1S/C15H22N2OS/c18-15(11-13-5-4-8-16-12-13)17-9-10-19-14-6-2-1-3-7-14/h1-3,6-7,13,16H,4-5,8-12H2,(H,17,18). The van der Waals surface area contributed by atoms with Crippen LogP contribution in [0.15, 0.2) is 35.2 Å². The van der Waals surface area contributed by atoms with Gasteiger partial charge < -0.3 is 10.6 Å². The molecule has 0 radical (unpaired) electrons. The van der Waals surface area contributed by atoms with Crippen LogP contribution in [0.3, 0.4) is 0 Å². The molecule has 1 saturated heterocycles. The molecule has 2 rings (SSSR count). The van der Waals surface area contributed by atoms with E-state index in [4.69, 9.17) is 0 Å². The highest BCUT2D eigenvalue weighted by atomic mass is 32.2. The van der Waals surface area contributed by atoms with Gasteiger partial charge in [-0.15, -0.1) is 11.8 Å². The first-order chi connectivity index (χ1) is 9.34. The molecule has 4 heteroatoms. The van der Waals surface area contributed by atoms with E-state index < -0.39 is 0 Å². The van der Waals surface area contributed by atoms with Gasteiger partial charge >= 0.3 is 0 Å². The van der Waals surface area contributed by atoms with Crippen LogP contribution in [0.5, 0.6) is 0 Å². The fourth-order valence-corrected chi connectivity index (χ4v) is 3.10. The highest BCUT2D eigenvalue weighted by Gasteiger charge is 2.16. The number of piperidine rings is 1. The molecule has 1 aliphatic rings. The molecule has 3 nitrogen and oxygen atoms in total. The van der Waals surface area contributed by atoms with Gasteiger partial charge in [0.25, 0.3) is 0 Å². The van der Waals surface area contributed by atoms with Gasteiger partial charge in [0.1, 0.15) is 0 Å². The summed E-state index contributed by atoms with van der Waals surface area (Å²) in [5.74, 6) is 1.65. The summed E-state index contributed by atoms with van der Waals surface area (Å²) in [5.41, 5.74) is 0. The summed E-state index contributed by atoms with van der Waals surface area (Å²) in [7, 11) is 0. The molecular weight excluding hydrogens is 256 g/mol. The van der Waals surface area contributed by atoms with Crippen molar-refractivity contribution >= 4 is 17.7 Å². The van der Waals surface area contributed by atoms with E-state index in [2.05, 4.69) is 22.8 Å². The summed E-state index contributed by atoms with van der Waals surface area (Å²) in [6.07, 6.45) is 3.05. The van der Waals surface area contributed by atoms with Gasteiger partial charge in [-0.2, -0.15) is 0 Å². The average molecular weight is 278 g/mol. The van der Waals surface area contributed by atoms with Crippen molar-refractivity contribution in [3.05, 3.63) is 30.3 Å². The monoisotopic (exact) mass is 278 g/mol. The zero-order valence-electron chi connectivity index (χ0n) is 11.2. The lowest BCUT2D eigenvalue weighted by atomic mass is 9.96. The predicted molar refractivity (Wildman–Crippen MR) is 80.4 cm³/mol. The SMILES string of the molecule is O=C(CC1CCCNC1)NCCSc1ccccc1. The Balaban J connectivity index is 1.56. The summed E-state index contributed by atoms with van der Waals surface area (Å²) in [6, 6.07) is 10.3. The molecule has 1 heterocycles. The third-order valence-electron chi connectivity index (χ3n) is 3.31. The van der Waals surface area contributed by atoms with Crippen LogP contribution < -0.4 is 10.6 Å². The lowest BCUT2D eigenvalue weighted by molar-refractivity contribution is -0.122. The second-order valence-electron chi connectivity index (χ2n) is 4.93. The van der Waals surface area contributed by atoms with Crippen LogP contribution in [-0.2, 0) is 4.79 Å². The Morgan fingerprint density at radius 1 is 1.37 bits per heavy atom. The first-order valence-electron chi connectivity index (χ1n) is 7.00. The maximum atomic E-state index is 11.8. The number of hydrogen-bond acceptors (Lipinski definition) is 3. The van der Waals surface area contributed by atoms with Gasteiger partial charge in [0, 0.05) is 23.6 Å².